The summed E-state index contributed by atoms with van der Waals surface area (Å²) in [7, 11) is 0. The third-order valence-electron chi connectivity index (χ3n) is 3.14. The fraction of sp³-hybridized carbons (Fsp3) is 0.692. The van der Waals surface area contributed by atoms with Gasteiger partial charge in [-0.2, -0.15) is 0 Å². The van der Waals surface area contributed by atoms with E-state index in [4.69, 9.17) is 10.2 Å². The van der Waals surface area contributed by atoms with Gasteiger partial charge < -0.3 is 20.8 Å². The second-order valence-corrected chi connectivity index (χ2v) is 4.66. The molecule has 0 heterocycles. The Kier molecular flexibility index (Phi) is 6.95. The molecule has 0 unspecified atom stereocenters. The van der Waals surface area contributed by atoms with Crippen LogP contribution in [0.15, 0.2) is 11.6 Å². The van der Waals surface area contributed by atoms with E-state index in [-0.39, 0.29) is 13.0 Å². The van der Waals surface area contributed by atoms with Crippen LogP contribution in [0.25, 0.3) is 0 Å². The molecule has 0 saturated carbocycles. The van der Waals surface area contributed by atoms with Crippen LogP contribution in [0.2, 0.25) is 0 Å². The first kappa shape index (κ1) is 15.5. The van der Waals surface area contributed by atoms with Gasteiger partial charge in [0.1, 0.15) is 6.04 Å². The highest BCUT2D eigenvalue weighted by Gasteiger charge is 2.18. The Balaban J connectivity index is 2.22. The van der Waals surface area contributed by atoms with Gasteiger partial charge in [0.05, 0.1) is 0 Å². The zero-order valence-corrected chi connectivity index (χ0v) is 11.0. The van der Waals surface area contributed by atoms with Crippen molar-refractivity contribution in [2.75, 3.05) is 13.2 Å². The number of hydrogen-bond donors (Lipinski definition) is 4. The number of nitrogens with one attached hydrogen (secondary N) is 2. The lowest BCUT2D eigenvalue weighted by Gasteiger charge is -2.15. The molecular formula is C13H22N2O4. The van der Waals surface area contributed by atoms with Crippen molar-refractivity contribution in [3.05, 3.63) is 11.6 Å². The fourth-order valence-electron chi connectivity index (χ4n) is 2.06. The Morgan fingerprint density at radius 1 is 1.37 bits per heavy atom. The Bertz CT molecular complexity index is 342. The zero-order valence-electron chi connectivity index (χ0n) is 11.0. The number of aliphatic hydroxyl groups is 1. The molecule has 0 aliphatic heterocycles. The maximum Gasteiger partial charge on any atom is 0.326 e. The van der Waals surface area contributed by atoms with Crippen LogP contribution in [0.1, 0.15) is 38.5 Å². The summed E-state index contributed by atoms with van der Waals surface area (Å²) in [6.45, 7) is 0.229. The van der Waals surface area contributed by atoms with E-state index in [1.807, 2.05) is 0 Å². The molecular weight excluding hydrogens is 248 g/mol. The van der Waals surface area contributed by atoms with E-state index in [9.17, 15) is 9.59 Å². The number of aliphatic hydroxyl groups excluding tert-OH is 1. The summed E-state index contributed by atoms with van der Waals surface area (Å²) in [5.41, 5.74) is 1.36. The van der Waals surface area contributed by atoms with Gasteiger partial charge in [-0.05, 0) is 32.1 Å². The van der Waals surface area contributed by atoms with Crippen LogP contribution >= 0.6 is 0 Å². The van der Waals surface area contributed by atoms with Gasteiger partial charge in [-0.15, -0.1) is 0 Å². The first-order valence-corrected chi connectivity index (χ1v) is 6.69. The molecule has 4 N–H and O–H groups in total. The van der Waals surface area contributed by atoms with Crippen molar-refractivity contribution >= 4 is 12.0 Å². The molecule has 108 valence electrons. The van der Waals surface area contributed by atoms with E-state index < -0.39 is 18.0 Å². The maximum absolute atomic E-state index is 11.5. The van der Waals surface area contributed by atoms with Gasteiger partial charge >= 0.3 is 12.0 Å². The SMILES string of the molecule is O=C(NCCC1=CCCCC1)N[C@@H](CCO)C(=O)O. The summed E-state index contributed by atoms with van der Waals surface area (Å²) in [5, 5.41) is 22.5. The number of urea groups is 1. The minimum absolute atomic E-state index is 0.00784. The number of allylic oxidation sites excluding steroid dienone is 1. The lowest BCUT2D eigenvalue weighted by molar-refractivity contribution is -0.139. The standard InChI is InChI=1S/C13H22N2O4/c16-9-7-11(12(17)18)15-13(19)14-8-6-10-4-2-1-3-5-10/h4,11,16H,1-3,5-9H2,(H,17,18)(H2,14,15,19)/t11-/m0/s1. The monoisotopic (exact) mass is 270 g/mol. The summed E-state index contributed by atoms with van der Waals surface area (Å²) in [4.78, 5) is 22.3. The molecule has 0 radical (unpaired) electrons. The highest BCUT2D eigenvalue weighted by Crippen LogP contribution is 2.19. The topological polar surface area (TPSA) is 98.7 Å². The van der Waals surface area contributed by atoms with Crippen molar-refractivity contribution in [2.24, 2.45) is 0 Å². The molecule has 1 atom stereocenters. The highest BCUT2D eigenvalue weighted by molar-refractivity contribution is 5.82. The lowest BCUT2D eigenvalue weighted by atomic mass is 9.97. The molecule has 2 amide bonds. The summed E-state index contributed by atoms with van der Waals surface area (Å²) in [5.74, 6) is -1.14. The maximum atomic E-state index is 11.5. The summed E-state index contributed by atoms with van der Waals surface area (Å²) in [6, 6.07) is -1.55. The van der Waals surface area contributed by atoms with Gasteiger partial charge in [0, 0.05) is 19.6 Å². The highest BCUT2D eigenvalue weighted by atomic mass is 16.4. The van der Waals surface area contributed by atoms with Crippen LogP contribution in [-0.4, -0.2) is 41.4 Å². The van der Waals surface area contributed by atoms with E-state index in [1.54, 1.807) is 0 Å². The largest absolute Gasteiger partial charge is 0.480 e. The van der Waals surface area contributed by atoms with Crippen molar-refractivity contribution in [1.82, 2.24) is 10.6 Å². The van der Waals surface area contributed by atoms with E-state index in [2.05, 4.69) is 16.7 Å². The fourth-order valence-corrected chi connectivity index (χ4v) is 2.06. The van der Waals surface area contributed by atoms with Crippen molar-refractivity contribution in [1.29, 1.82) is 0 Å². The van der Waals surface area contributed by atoms with Gasteiger partial charge in [0.25, 0.3) is 0 Å². The van der Waals surface area contributed by atoms with E-state index >= 15 is 0 Å². The molecule has 1 aliphatic rings. The molecule has 0 bridgehead atoms. The number of carboxylic acid groups (broad SMARTS) is 1. The molecule has 0 aromatic heterocycles. The van der Waals surface area contributed by atoms with Crippen molar-refractivity contribution in [3.8, 4) is 0 Å². The predicted molar refractivity (Wildman–Crippen MR) is 70.8 cm³/mol. The molecule has 19 heavy (non-hydrogen) atoms. The van der Waals surface area contributed by atoms with Crippen LogP contribution < -0.4 is 10.6 Å². The number of carboxylic acids is 1. The van der Waals surface area contributed by atoms with E-state index in [1.165, 1.54) is 18.4 Å². The smallest absolute Gasteiger partial charge is 0.326 e. The first-order chi connectivity index (χ1) is 9.13. The minimum Gasteiger partial charge on any atom is -0.480 e. The van der Waals surface area contributed by atoms with Crippen LogP contribution in [0.3, 0.4) is 0 Å². The Hall–Kier alpha value is -1.56. The first-order valence-electron chi connectivity index (χ1n) is 6.69. The molecule has 0 fully saturated rings. The van der Waals surface area contributed by atoms with E-state index in [0.29, 0.717) is 6.54 Å². The van der Waals surface area contributed by atoms with Crippen LogP contribution in [0.4, 0.5) is 4.79 Å². The molecule has 0 aromatic rings. The Morgan fingerprint density at radius 2 is 2.16 bits per heavy atom. The van der Waals surface area contributed by atoms with Crippen LogP contribution in [0.5, 0.6) is 0 Å². The molecule has 0 saturated heterocycles. The normalized spacial score (nSPS) is 16.4. The molecule has 6 nitrogen and oxygen atoms in total. The second-order valence-electron chi connectivity index (χ2n) is 4.66. The number of rotatable bonds is 7. The number of amides is 2. The van der Waals surface area contributed by atoms with Crippen molar-refractivity contribution in [3.63, 3.8) is 0 Å². The zero-order chi connectivity index (χ0) is 14.1. The molecule has 0 aromatic carbocycles. The van der Waals surface area contributed by atoms with Gasteiger partial charge in [-0.3, -0.25) is 0 Å². The van der Waals surface area contributed by atoms with Crippen LogP contribution in [0, 0.1) is 0 Å². The van der Waals surface area contributed by atoms with Gasteiger partial charge in [0.2, 0.25) is 0 Å². The summed E-state index contributed by atoms with van der Waals surface area (Å²) in [6.07, 6.45) is 7.67. The third-order valence-corrected chi connectivity index (χ3v) is 3.14. The number of hydrogen-bond acceptors (Lipinski definition) is 3. The number of carbonyl (C=O) groups excluding carboxylic acids is 1. The summed E-state index contributed by atoms with van der Waals surface area (Å²) >= 11 is 0. The minimum atomic E-state index is -1.14. The van der Waals surface area contributed by atoms with Crippen LogP contribution in [-0.2, 0) is 4.79 Å². The second kappa shape index (κ2) is 8.53. The quantitative estimate of drug-likeness (QED) is 0.519. The van der Waals surface area contributed by atoms with Gasteiger partial charge in [-0.1, -0.05) is 11.6 Å². The lowest BCUT2D eigenvalue weighted by Crippen LogP contribution is -2.46. The Labute approximate surface area is 112 Å². The number of carbonyl (C=O) groups is 2. The van der Waals surface area contributed by atoms with Crippen molar-refractivity contribution < 1.29 is 19.8 Å². The van der Waals surface area contributed by atoms with E-state index in [0.717, 1.165) is 19.3 Å². The van der Waals surface area contributed by atoms with Gasteiger partial charge in [-0.25, -0.2) is 9.59 Å². The van der Waals surface area contributed by atoms with Crippen molar-refractivity contribution in [2.45, 2.75) is 44.6 Å². The van der Waals surface area contributed by atoms with Gasteiger partial charge in [0.15, 0.2) is 0 Å². The molecule has 6 heteroatoms. The number of aliphatic carboxylic acids is 1. The molecule has 1 rings (SSSR count). The Morgan fingerprint density at radius 3 is 2.74 bits per heavy atom. The average Bonchev–Trinajstić information content (AvgIpc) is 2.39. The molecule has 0 spiro atoms. The third kappa shape index (κ3) is 6.24. The summed E-state index contributed by atoms with van der Waals surface area (Å²) < 4.78 is 0. The predicted octanol–water partition coefficient (Wildman–Crippen LogP) is 1.01. The molecule has 1 aliphatic carbocycles. The average molecular weight is 270 g/mol.